The summed E-state index contributed by atoms with van der Waals surface area (Å²) in [6.45, 7) is 4.52. The molecule has 0 spiro atoms. The van der Waals surface area contributed by atoms with Gasteiger partial charge >= 0.3 is 0 Å². The van der Waals surface area contributed by atoms with E-state index in [0.29, 0.717) is 13.0 Å². The third-order valence-corrected chi connectivity index (χ3v) is 4.93. The lowest BCUT2D eigenvalue weighted by molar-refractivity contribution is -0.122. The number of carbonyl (C=O) groups excluding carboxylic acids is 1. The van der Waals surface area contributed by atoms with Crippen molar-refractivity contribution in [1.29, 1.82) is 0 Å². The van der Waals surface area contributed by atoms with Crippen LogP contribution < -0.4 is 0 Å². The van der Waals surface area contributed by atoms with Gasteiger partial charge in [0.25, 0.3) is 0 Å². The van der Waals surface area contributed by atoms with E-state index in [-0.39, 0.29) is 29.5 Å². The van der Waals surface area contributed by atoms with E-state index >= 15 is 0 Å². The summed E-state index contributed by atoms with van der Waals surface area (Å²) in [5.74, 6) is -0.139. The topological polar surface area (TPSA) is 26.3 Å². The standard InChI is InChI=1S/C21H23FO2/c1-3-24-21-17(12-16-6-4-5-7-19(16)21)13-20(23)14(2)15-8-10-18(22)11-9-15/h4-11,14,17,21H,3,12-13H2,1-2H3/t14-,17?,21?/m0/s1. The van der Waals surface area contributed by atoms with E-state index in [4.69, 9.17) is 4.74 Å². The predicted molar refractivity (Wildman–Crippen MR) is 92.4 cm³/mol. The molecule has 0 aromatic heterocycles. The zero-order valence-corrected chi connectivity index (χ0v) is 14.2. The quantitative estimate of drug-likeness (QED) is 0.759. The van der Waals surface area contributed by atoms with Crippen molar-refractivity contribution >= 4 is 5.78 Å². The number of carbonyl (C=O) groups is 1. The second-order valence-corrected chi connectivity index (χ2v) is 6.48. The molecule has 0 bridgehead atoms. The van der Waals surface area contributed by atoms with Crippen molar-refractivity contribution in [2.24, 2.45) is 5.92 Å². The monoisotopic (exact) mass is 326 g/mol. The summed E-state index contributed by atoms with van der Waals surface area (Å²) in [6, 6.07) is 14.5. The Kier molecular flexibility index (Phi) is 5.10. The highest BCUT2D eigenvalue weighted by Gasteiger charge is 2.35. The van der Waals surface area contributed by atoms with Crippen LogP contribution in [0.15, 0.2) is 48.5 Å². The van der Waals surface area contributed by atoms with Gasteiger partial charge in [0.15, 0.2) is 0 Å². The summed E-state index contributed by atoms with van der Waals surface area (Å²) < 4.78 is 19.0. The van der Waals surface area contributed by atoms with E-state index in [1.54, 1.807) is 12.1 Å². The fourth-order valence-corrected chi connectivity index (χ4v) is 3.60. The normalized spacial score (nSPS) is 20.6. The van der Waals surface area contributed by atoms with Gasteiger partial charge in [0, 0.05) is 24.9 Å². The molecule has 2 nitrogen and oxygen atoms in total. The lowest BCUT2D eigenvalue weighted by Crippen LogP contribution is -2.19. The number of ketones is 1. The minimum Gasteiger partial charge on any atom is -0.373 e. The average molecular weight is 326 g/mol. The van der Waals surface area contributed by atoms with Gasteiger partial charge in [0.1, 0.15) is 11.6 Å². The van der Waals surface area contributed by atoms with Crippen LogP contribution in [0, 0.1) is 11.7 Å². The maximum atomic E-state index is 13.1. The number of hydrogen-bond acceptors (Lipinski definition) is 2. The zero-order chi connectivity index (χ0) is 17.1. The molecule has 0 saturated heterocycles. The summed E-state index contributed by atoms with van der Waals surface area (Å²) in [5.41, 5.74) is 3.36. The van der Waals surface area contributed by atoms with Crippen molar-refractivity contribution in [2.75, 3.05) is 6.61 Å². The molecular weight excluding hydrogens is 303 g/mol. The molecule has 2 aromatic carbocycles. The van der Waals surface area contributed by atoms with Gasteiger partial charge in [-0.25, -0.2) is 4.39 Å². The molecule has 2 unspecified atom stereocenters. The van der Waals surface area contributed by atoms with E-state index < -0.39 is 0 Å². The van der Waals surface area contributed by atoms with Crippen LogP contribution in [-0.4, -0.2) is 12.4 Å². The van der Waals surface area contributed by atoms with E-state index in [1.807, 2.05) is 26.0 Å². The maximum absolute atomic E-state index is 13.1. The summed E-state index contributed by atoms with van der Waals surface area (Å²) in [7, 11) is 0. The number of fused-ring (bicyclic) bond motifs is 1. The Labute approximate surface area is 142 Å². The number of benzene rings is 2. The Hall–Kier alpha value is -2.00. The molecule has 3 atom stereocenters. The van der Waals surface area contributed by atoms with Crippen molar-refractivity contribution in [1.82, 2.24) is 0 Å². The van der Waals surface area contributed by atoms with Crippen LogP contribution in [-0.2, 0) is 16.0 Å². The Morgan fingerprint density at radius 3 is 2.62 bits per heavy atom. The van der Waals surface area contributed by atoms with Gasteiger partial charge in [-0.1, -0.05) is 43.3 Å². The highest BCUT2D eigenvalue weighted by atomic mass is 19.1. The molecule has 2 aromatic rings. The molecule has 24 heavy (non-hydrogen) atoms. The number of ether oxygens (including phenoxy) is 1. The van der Waals surface area contributed by atoms with Crippen LogP contribution in [0.25, 0.3) is 0 Å². The van der Waals surface area contributed by atoms with Gasteiger partial charge in [-0.2, -0.15) is 0 Å². The van der Waals surface area contributed by atoms with Gasteiger partial charge in [-0.05, 0) is 42.2 Å². The molecule has 1 aliphatic carbocycles. The highest BCUT2D eigenvalue weighted by molar-refractivity contribution is 5.85. The van der Waals surface area contributed by atoms with Crippen LogP contribution >= 0.6 is 0 Å². The molecule has 126 valence electrons. The minimum absolute atomic E-state index is 0.00410. The van der Waals surface area contributed by atoms with Crippen LogP contribution in [0.4, 0.5) is 4.39 Å². The van der Waals surface area contributed by atoms with Gasteiger partial charge in [-0.15, -0.1) is 0 Å². The first kappa shape index (κ1) is 16.8. The molecule has 0 N–H and O–H groups in total. The molecule has 0 heterocycles. The van der Waals surface area contributed by atoms with E-state index in [0.717, 1.165) is 12.0 Å². The number of halogens is 1. The Bertz CT molecular complexity index is 708. The van der Waals surface area contributed by atoms with Crippen LogP contribution in [0.3, 0.4) is 0 Å². The predicted octanol–water partition coefficient (Wildman–Crippen LogP) is 4.84. The zero-order valence-electron chi connectivity index (χ0n) is 14.2. The maximum Gasteiger partial charge on any atom is 0.140 e. The number of rotatable bonds is 6. The van der Waals surface area contributed by atoms with Crippen molar-refractivity contribution in [3.05, 3.63) is 71.0 Å². The summed E-state index contributed by atoms with van der Waals surface area (Å²) in [5, 5.41) is 0. The third kappa shape index (κ3) is 3.41. The Morgan fingerprint density at radius 2 is 1.92 bits per heavy atom. The van der Waals surface area contributed by atoms with Crippen molar-refractivity contribution in [2.45, 2.75) is 38.7 Å². The van der Waals surface area contributed by atoms with Gasteiger partial charge in [0.05, 0.1) is 6.10 Å². The molecule has 1 aliphatic rings. The highest BCUT2D eigenvalue weighted by Crippen LogP contribution is 2.41. The van der Waals surface area contributed by atoms with Crippen LogP contribution in [0.5, 0.6) is 0 Å². The fourth-order valence-electron chi connectivity index (χ4n) is 3.60. The van der Waals surface area contributed by atoms with Crippen molar-refractivity contribution in [3.63, 3.8) is 0 Å². The second kappa shape index (κ2) is 7.27. The first-order valence-electron chi connectivity index (χ1n) is 8.57. The number of hydrogen-bond donors (Lipinski definition) is 0. The molecule has 3 rings (SSSR count). The largest absolute Gasteiger partial charge is 0.373 e. The summed E-state index contributed by atoms with van der Waals surface area (Å²) >= 11 is 0. The van der Waals surface area contributed by atoms with E-state index in [2.05, 4.69) is 12.1 Å². The molecular formula is C21H23FO2. The molecule has 0 amide bonds. The Morgan fingerprint density at radius 1 is 1.21 bits per heavy atom. The second-order valence-electron chi connectivity index (χ2n) is 6.48. The summed E-state index contributed by atoms with van der Waals surface area (Å²) in [6.07, 6.45) is 1.36. The minimum atomic E-state index is -0.277. The fraction of sp³-hybridized carbons (Fsp3) is 0.381. The SMILES string of the molecule is CCOC1c2ccccc2CC1CC(=O)[C@@H](C)c1ccc(F)cc1. The van der Waals surface area contributed by atoms with Crippen LogP contribution in [0.1, 0.15) is 49.0 Å². The lowest BCUT2D eigenvalue weighted by atomic mass is 9.88. The van der Waals surface area contributed by atoms with E-state index in [1.165, 1.54) is 23.3 Å². The first-order valence-corrected chi connectivity index (χ1v) is 8.57. The third-order valence-electron chi connectivity index (χ3n) is 4.93. The number of Topliss-reactive ketones (excluding diaryl/α,β-unsaturated/α-hetero) is 1. The first-order chi connectivity index (χ1) is 11.6. The van der Waals surface area contributed by atoms with Gasteiger partial charge < -0.3 is 4.74 Å². The molecule has 3 heteroatoms. The van der Waals surface area contributed by atoms with E-state index in [9.17, 15) is 9.18 Å². The average Bonchev–Trinajstić information content (AvgIpc) is 2.93. The molecule has 0 fully saturated rings. The Balaban J connectivity index is 1.73. The smallest absolute Gasteiger partial charge is 0.140 e. The van der Waals surface area contributed by atoms with Gasteiger partial charge in [-0.3, -0.25) is 4.79 Å². The van der Waals surface area contributed by atoms with Gasteiger partial charge in [0.2, 0.25) is 0 Å². The molecule has 0 aliphatic heterocycles. The summed E-state index contributed by atoms with van der Waals surface area (Å²) in [4.78, 5) is 12.7. The van der Waals surface area contributed by atoms with Crippen molar-refractivity contribution in [3.8, 4) is 0 Å². The molecule has 0 radical (unpaired) electrons. The molecule has 0 saturated carbocycles. The van der Waals surface area contributed by atoms with Crippen molar-refractivity contribution < 1.29 is 13.9 Å². The van der Waals surface area contributed by atoms with Crippen LogP contribution in [0.2, 0.25) is 0 Å². The lowest BCUT2D eigenvalue weighted by Gasteiger charge is -2.21.